The maximum Gasteiger partial charge on any atom is 0.269 e. The van der Waals surface area contributed by atoms with Crippen LogP contribution in [0.15, 0.2) is 71.2 Å². The van der Waals surface area contributed by atoms with Crippen LogP contribution in [0.3, 0.4) is 0 Å². The predicted octanol–water partition coefficient (Wildman–Crippen LogP) is 4.97. The summed E-state index contributed by atoms with van der Waals surface area (Å²) >= 11 is 0. The Morgan fingerprint density at radius 3 is 2.50 bits per heavy atom. The number of hydrogen-bond donors (Lipinski definition) is 1. The van der Waals surface area contributed by atoms with E-state index >= 15 is 0 Å². The zero-order valence-electron chi connectivity index (χ0n) is 20.3. The first kappa shape index (κ1) is 24.2. The lowest BCUT2D eigenvalue weighted by Crippen LogP contribution is -2.21. The first-order valence-corrected chi connectivity index (χ1v) is 11.1. The van der Waals surface area contributed by atoms with E-state index in [2.05, 4.69) is 10.3 Å². The Kier molecular flexibility index (Phi) is 6.84. The number of amides is 1. The van der Waals surface area contributed by atoms with Crippen LogP contribution < -0.4 is 20.3 Å². The Balaban J connectivity index is 1.85. The van der Waals surface area contributed by atoms with Gasteiger partial charge in [-0.1, -0.05) is 24.3 Å². The summed E-state index contributed by atoms with van der Waals surface area (Å²) in [5.74, 6) is 0.221. The van der Waals surface area contributed by atoms with Gasteiger partial charge in [0.25, 0.3) is 11.5 Å². The van der Waals surface area contributed by atoms with Gasteiger partial charge in [-0.25, -0.2) is 0 Å². The number of carbonyl (C=O) groups excluding carboxylic acids is 1. The van der Waals surface area contributed by atoms with Crippen molar-refractivity contribution >= 4 is 23.3 Å². The van der Waals surface area contributed by atoms with Crippen molar-refractivity contribution in [3.8, 4) is 23.4 Å². The van der Waals surface area contributed by atoms with Gasteiger partial charge in [-0.05, 0) is 73.9 Å². The topological polar surface area (TPSA) is 106 Å². The molecule has 0 spiro atoms. The van der Waals surface area contributed by atoms with E-state index < -0.39 is 11.5 Å². The van der Waals surface area contributed by atoms with Crippen molar-refractivity contribution in [3.63, 3.8) is 0 Å². The average molecular weight is 481 g/mol. The van der Waals surface area contributed by atoms with Crippen molar-refractivity contribution in [1.29, 1.82) is 5.26 Å². The molecule has 8 nitrogen and oxygen atoms in total. The minimum atomic E-state index is -0.701. The average Bonchev–Trinajstić information content (AvgIpc) is 2.84. The molecule has 2 heterocycles. The Morgan fingerprint density at radius 2 is 1.81 bits per heavy atom. The van der Waals surface area contributed by atoms with Gasteiger partial charge in [-0.15, -0.1) is 0 Å². The second-order valence-corrected chi connectivity index (χ2v) is 8.27. The first-order valence-electron chi connectivity index (χ1n) is 11.1. The number of nitrogens with one attached hydrogen (secondary N) is 1. The molecular weight excluding hydrogens is 456 g/mol. The third kappa shape index (κ3) is 4.95. The molecule has 0 aliphatic carbocycles. The second kappa shape index (κ2) is 10.2. The van der Waals surface area contributed by atoms with Crippen LogP contribution in [0, 0.1) is 32.1 Å². The van der Waals surface area contributed by atoms with Crippen LogP contribution >= 0.6 is 0 Å². The number of hydrogen-bond acceptors (Lipinski definition) is 6. The molecule has 180 valence electrons. The van der Waals surface area contributed by atoms with Crippen LogP contribution in [0.1, 0.15) is 22.3 Å². The standard InChI is InChI=1S/C28H24N4O4/c1-17-12-18(2)14-21(13-17)36-27-22(28(34)32-11-7-8-19(3)25(32)31-27)15-20(16-29)26(33)30-23-9-5-6-10-24(23)35-4/h5-15H,1-4H3,(H,30,33)/b20-15-. The number of fused-ring (bicyclic) bond motifs is 1. The van der Waals surface area contributed by atoms with E-state index in [1.54, 1.807) is 36.5 Å². The molecule has 2 aromatic heterocycles. The summed E-state index contributed by atoms with van der Waals surface area (Å²) in [6.45, 7) is 5.70. The number of carbonyl (C=O) groups is 1. The number of methoxy groups -OCH3 is 1. The Bertz CT molecular complexity index is 1590. The van der Waals surface area contributed by atoms with Crippen molar-refractivity contribution in [1.82, 2.24) is 9.38 Å². The lowest BCUT2D eigenvalue weighted by Gasteiger charge is -2.13. The van der Waals surface area contributed by atoms with Gasteiger partial charge in [0.1, 0.15) is 34.4 Å². The van der Waals surface area contributed by atoms with E-state index in [9.17, 15) is 14.9 Å². The third-order valence-electron chi connectivity index (χ3n) is 5.47. The van der Waals surface area contributed by atoms with Gasteiger partial charge in [-0.2, -0.15) is 10.2 Å². The number of nitrogens with zero attached hydrogens (tertiary/aromatic N) is 3. The SMILES string of the molecule is COc1ccccc1NC(=O)/C(C#N)=C\c1c(Oc2cc(C)cc(C)c2)nc2c(C)cccn2c1=O. The summed E-state index contributed by atoms with van der Waals surface area (Å²) in [5, 5.41) is 12.4. The molecule has 0 atom stereocenters. The van der Waals surface area contributed by atoms with Crippen LogP contribution in [0.5, 0.6) is 17.4 Å². The van der Waals surface area contributed by atoms with Crippen LogP contribution in [0.2, 0.25) is 0 Å². The van der Waals surface area contributed by atoms with Crippen molar-refractivity contribution in [3.05, 3.63) is 99.0 Å². The van der Waals surface area contributed by atoms with E-state index in [0.29, 0.717) is 22.8 Å². The fourth-order valence-corrected chi connectivity index (χ4v) is 3.83. The smallest absolute Gasteiger partial charge is 0.269 e. The molecule has 0 bridgehead atoms. The highest BCUT2D eigenvalue weighted by Gasteiger charge is 2.19. The van der Waals surface area contributed by atoms with Crippen molar-refractivity contribution in [2.75, 3.05) is 12.4 Å². The highest BCUT2D eigenvalue weighted by molar-refractivity contribution is 6.10. The Morgan fingerprint density at radius 1 is 1.08 bits per heavy atom. The fourth-order valence-electron chi connectivity index (χ4n) is 3.83. The lowest BCUT2D eigenvalue weighted by atomic mass is 10.1. The number of para-hydroxylation sites is 2. The number of aromatic nitrogens is 2. The highest BCUT2D eigenvalue weighted by atomic mass is 16.5. The summed E-state index contributed by atoms with van der Waals surface area (Å²) in [5.41, 5.74) is 2.74. The molecule has 0 radical (unpaired) electrons. The maximum absolute atomic E-state index is 13.5. The molecule has 0 saturated carbocycles. The summed E-state index contributed by atoms with van der Waals surface area (Å²) in [7, 11) is 1.48. The van der Waals surface area contributed by atoms with Crippen molar-refractivity contribution < 1.29 is 14.3 Å². The summed E-state index contributed by atoms with van der Waals surface area (Å²) in [4.78, 5) is 31.1. The lowest BCUT2D eigenvalue weighted by molar-refractivity contribution is -0.112. The zero-order valence-corrected chi connectivity index (χ0v) is 20.3. The van der Waals surface area contributed by atoms with Crippen LogP contribution in [-0.4, -0.2) is 22.4 Å². The molecule has 0 unspecified atom stereocenters. The number of nitriles is 1. The van der Waals surface area contributed by atoms with Gasteiger partial charge in [0.05, 0.1) is 12.8 Å². The van der Waals surface area contributed by atoms with Crippen LogP contribution in [0.4, 0.5) is 5.69 Å². The van der Waals surface area contributed by atoms with E-state index in [1.807, 2.05) is 51.1 Å². The van der Waals surface area contributed by atoms with Crippen LogP contribution in [-0.2, 0) is 4.79 Å². The molecule has 4 rings (SSSR count). The van der Waals surface area contributed by atoms with Crippen molar-refractivity contribution in [2.24, 2.45) is 0 Å². The Hall–Kier alpha value is -4.90. The fraction of sp³-hybridized carbons (Fsp3) is 0.143. The molecule has 1 N–H and O–H groups in total. The molecule has 0 aliphatic rings. The van der Waals surface area contributed by atoms with Gasteiger partial charge in [0.2, 0.25) is 5.88 Å². The molecular formula is C28H24N4O4. The van der Waals surface area contributed by atoms with Gasteiger partial charge in [-0.3, -0.25) is 14.0 Å². The van der Waals surface area contributed by atoms with Gasteiger partial charge < -0.3 is 14.8 Å². The largest absolute Gasteiger partial charge is 0.495 e. The molecule has 0 saturated heterocycles. The van der Waals surface area contributed by atoms with E-state index in [0.717, 1.165) is 16.7 Å². The Labute approximate surface area is 208 Å². The number of pyridine rings is 1. The molecule has 0 fully saturated rings. The van der Waals surface area contributed by atoms with Crippen LogP contribution in [0.25, 0.3) is 11.7 Å². The number of rotatable bonds is 6. The molecule has 4 aromatic rings. The number of benzene rings is 2. The first-order chi connectivity index (χ1) is 17.3. The summed E-state index contributed by atoms with van der Waals surface area (Å²) in [6.07, 6.45) is 2.78. The quantitative estimate of drug-likeness (QED) is 0.309. The number of anilines is 1. The number of ether oxygens (including phenoxy) is 2. The minimum Gasteiger partial charge on any atom is -0.495 e. The zero-order chi connectivity index (χ0) is 25.8. The molecule has 8 heteroatoms. The third-order valence-corrected chi connectivity index (χ3v) is 5.47. The van der Waals surface area contributed by atoms with Gasteiger partial charge >= 0.3 is 0 Å². The molecule has 36 heavy (non-hydrogen) atoms. The normalized spacial score (nSPS) is 11.1. The van der Waals surface area contributed by atoms with E-state index in [1.165, 1.54) is 17.6 Å². The van der Waals surface area contributed by atoms with Gasteiger partial charge in [0, 0.05) is 6.20 Å². The predicted molar refractivity (Wildman–Crippen MR) is 137 cm³/mol. The maximum atomic E-state index is 13.5. The van der Waals surface area contributed by atoms with E-state index in [-0.39, 0.29) is 17.0 Å². The summed E-state index contributed by atoms with van der Waals surface area (Å²) < 4.78 is 12.7. The second-order valence-electron chi connectivity index (χ2n) is 8.27. The molecule has 1 amide bonds. The minimum absolute atomic E-state index is 0.00265. The van der Waals surface area contributed by atoms with Crippen molar-refractivity contribution in [2.45, 2.75) is 20.8 Å². The monoisotopic (exact) mass is 480 g/mol. The van der Waals surface area contributed by atoms with Gasteiger partial charge in [0.15, 0.2) is 0 Å². The molecule has 2 aromatic carbocycles. The molecule has 0 aliphatic heterocycles. The van der Waals surface area contributed by atoms with E-state index in [4.69, 9.17) is 9.47 Å². The number of aryl methyl sites for hydroxylation is 3. The summed E-state index contributed by atoms with van der Waals surface area (Å²) in [6, 6.07) is 17.9. The highest BCUT2D eigenvalue weighted by Crippen LogP contribution is 2.27.